The second kappa shape index (κ2) is 13.3. The molecule has 0 radical (unpaired) electrons. The first-order valence-electron chi connectivity index (χ1n) is 21.7. The molecule has 13 rings (SSSR count). The van der Waals surface area contributed by atoms with Crippen LogP contribution in [0, 0.1) is 0 Å². The van der Waals surface area contributed by atoms with Crippen LogP contribution in [0.2, 0.25) is 0 Å². The molecular formula is C58H41N3S2. The molecule has 11 aromatic rings. The largest absolute Gasteiger partial charge is 0.310 e. The van der Waals surface area contributed by atoms with Crippen molar-refractivity contribution in [2.24, 2.45) is 0 Å². The van der Waals surface area contributed by atoms with Crippen molar-refractivity contribution in [3.05, 3.63) is 198 Å². The summed E-state index contributed by atoms with van der Waals surface area (Å²) in [5, 5.41) is 3.75. The Morgan fingerprint density at radius 2 is 1.00 bits per heavy atom. The molecule has 0 atom stereocenters. The van der Waals surface area contributed by atoms with E-state index in [0.717, 1.165) is 44.4 Å². The zero-order chi connectivity index (χ0) is 42.2. The quantitative estimate of drug-likeness (QED) is 0.173. The van der Waals surface area contributed by atoms with Gasteiger partial charge >= 0.3 is 0 Å². The maximum absolute atomic E-state index is 5.72. The maximum Gasteiger partial charge on any atom is 0.160 e. The van der Waals surface area contributed by atoms with E-state index in [2.05, 4.69) is 209 Å². The van der Waals surface area contributed by atoms with Crippen LogP contribution in [0.4, 0.5) is 17.1 Å². The molecular weight excluding hydrogens is 803 g/mol. The minimum Gasteiger partial charge on any atom is -0.310 e. The van der Waals surface area contributed by atoms with Gasteiger partial charge in [0.1, 0.15) is 0 Å². The lowest BCUT2D eigenvalue weighted by molar-refractivity contribution is 0.660. The van der Waals surface area contributed by atoms with E-state index in [1.54, 1.807) is 0 Å². The number of para-hydroxylation sites is 1. The van der Waals surface area contributed by atoms with Crippen LogP contribution >= 0.6 is 22.7 Å². The SMILES string of the molecule is CC1(C)c2ccccc2-c2ccc(N(c3ccccc3)c3ccc(-c4nc(-c5c6c(cc7c5sc5ccccc57)-c5ccccc5C6(C)C)c5sc6ccccc6c5n4)cc3)cc21. The summed E-state index contributed by atoms with van der Waals surface area (Å²) < 4.78 is 4.93. The normalized spacial score (nSPS) is 14.3. The number of thiophene rings is 2. The molecule has 0 bridgehead atoms. The van der Waals surface area contributed by atoms with E-state index in [9.17, 15) is 0 Å². The van der Waals surface area contributed by atoms with Gasteiger partial charge in [-0.3, -0.25) is 0 Å². The van der Waals surface area contributed by atoms with Crippen molar-refractivity contribution in [2.45, 2.75) is 38.5 Å². The zero-order valence-electron chi connectivity index (χ0n) is 35.4. The van der Waals surface area contributed by atoms with Crippen molar-refractivity contribution in [3.63, 3.8) is 0 Å². The van der Waals surface area contributed by atoms with Gasteiger partial charge < -0.3 is 4.90 Å². The molecule has 2 aliphatic rings. The molecule has 8 aromatic carbocycles. The molecule has 0 amide bonds. The standard InChI is InChI=1S/C58H41N3S2/c1-57(2)45-22-12-8-18-38(45)40-31-30-37(32-47(40)57)61(35-16-6-5-7-17-35)36-28-26-34(27-29-36)56-59-52-42-21-11-15-25-49(42)63-55(52)53(60-56)50-51-43(39-19-9-13-23-46(39)58(51,3)4)33-44-41-20-10-14-24-48(41)62-54(44)50/h5-33H,1-4H3. The number of fused-ring (bicyclic) bond motifs is 12. The lowest BCUT2D eigenvalue weighted by Gasteiger charge is -2.28. The molecule has 0 saturated carbocycles. The highest BCUT2D eigenvalue weighted by Gasteiger charge is 2.40. The highest BCUT2D eigenvalue weighted by atomic mass is 32.1. The summed E-state index contributed by atoms with van der Waals surface area (Å²) in [6, 6.07) is 64.4. The number of aromatic nitrogens is 2. The van der Waals surface area contributed by atoms with E-state index < -0.39 is 0 Å². The average molecular weight is 844 g/mol. The van der Waals surface area contributed by atoms with Gasteiger partial charge in [0, 0.05) is 69.3 Å². The topological polar surface area (TPSA) is 29.0 Å². The molecule has 300 valence electrons. The molecule has 0 unspecified atom stereocenters. The summed E-state index contributed by atoms with van der Waals surface area (Å²) in [6.07, 6.45) is 0. The minimum absolute atomic E-state index is 0.105. The van der Waals surface area contributed by atoms with Gasteiger partial charge in [-0.05, 0) is 111 Å². The van der Waals surface area contributed by atoms with Crippen molar-refractivity contribution in [2.75, 3.05) is 4.90 Å². The van der Waals surface area contributed by atoms with E-state index >= 15 is 0 Å². The molecule has 0 spiro atoms. The number of benzene rings is 8. The smallest absolute Gasteiger partial charge is 0.160 e. The summed E-state index contributed by atoms with van der Waals surface area (Å²) in [7, 11) is 0. The number of rotatable bonds is 5. The minimum atomic E-state index is -0.238. The molecule has 3 heterocycles. The fraction of sp³-hybridized carbons (Fsp3) is 0.103. The predicted molar refractivity (Wildman–Crippen MR) is 268 cm³/mol. The van der Waals surface area contributed by atoms with Crippen molar-refractivity contribution in [1.29, 1.82) is 0 Å². The van der Waals surface area contributed by atoms with Crippen LogP contribution in [0.3, 0.4) is 0 Å². The summed E-state index contributed by atoms with van der Waals surface area (Å²) in [5.74, 6) is 0.732. The fourth-order valence-electron chi connectivity index (χ4n) is 10.8. The van der Waals surface area contributed by atoms with Gasteiger partial charge in [-0.15, -0.1) is 22.7 Å². The third-order valence-electron chi connectivity index (χ3n) is 13.9. The van der Waals surface area contributed by atoms with Crippen molar-refractivity contribution in [3.8, 4) is 44.9 Å². The highest BCUT2D eigenvalue weighted by Crippen LogP contribution is 2.58. The Bertz CT molecular complexity index is 3690. The van der Waals surface area contributed by atoms with E-state index in [0.29, 0.717) is 0 Å². The monoisotopic (exact) mass is 843 g/mol. The maximum atomic E-state index is 5.72. The van der Waals surface area contributed by atoms with E-state index in [4.69, 9.17) is 9.97 Å². The molecule has 0 fully saturated rings. The predicted octanol–water partition coefficient (Wildman–Crippen LogP) is 16.6. The molecule has 3 aromatic heterocycles. The number of anilines is 3. The Labute approximate surface area is 374 Å². The molecule has 63 heavy (non-hydrogen) atoms. The first-order chi connectivity index (χ1) is 30.8. The number of hydrogen-bond acceptors (Lipinski definition) is 5. The van der Waals surface area contributed by atoms with Gasteiger partial charge in [0.15, 0.2) is 5.82 Å². The van der Waals surface area contributed by atoms with Gasteiger partial charge in [0.2, 0.25) is 0 Å². The second-order valence-corrected chi connectivity index (χ2v) is 20.2. The van der Waals surface area contributed by atoms with Crippen LogP contribution in [-0.2, 0) is 10.8 Å². The number of nitrogens with zero attached hydrogens (tertiary/aromatic N) is 3. The van der Waals surface area contributed by atoms with Crippen molar-refractivity contribution in [1.82, 2.24) is 9.97 Å². The van der Waals surface area contributed by atoms with Crippen molar-refractivity contribution < 1.29 is 0 Å². The molecule has 0 N–H and O–H groups in total. The fourth-order valence-corrected chi connectivity index (χ4v) is 13.2. The Balaban J connectivity index is 1.02. The van der Waals surface area contributed by atoms with Gasteiger partial charge in [-0.25, -0.2) is 9.97 Å². The molecule has 5 heteroatoms. The van der Waals surface area contributed by atoms with Crippen molar-refractivity contribution >= 4 is 80.2 Å². The summed E-state index contributed by atoms with van der Waals surface area (Å²) >= 11 is 3.70. The molecule has 0 saturated heterocycles. The molecule has 2 aliphatic carbocycles. The van der Waals surface area contributed by atoms with E-state index in [1.165, 1.54) is 80.3 Å². The Morgan fingerprint density at radius 3 is 1.76 bits per heavy atom. The van der Waals surface area contributed by atoms with Crippen LogP contribution in [0.1, 0.15) is 49.9 Å². The highest BCUT2D eigenvalue weighted by molar-refractivity contribution is 7.27. The zero-order valence-corrected chi connectivity index (χ0v) is 37.0. The summed E-state index contributed by atoms with van der Waals surface area (Å²) in [6.45, 7) is 9.48. The van der Waals surface area contributed by atoms with E-state index in [-0.39, 0.29) is 10.8 Å². The van der Waals surface area contributed by atoms with Crippen LogP contribution in [0.25, 0.3) is 85.4 Å². The van der Waals surface area contributed by atoms with Crippen LogP contribution in [-0.4, -0.2) is 9.97 Å². The summed E-state index contributed by atoms with van der Waals surface area (Å²) in [5.41, 5.74) is 17.9. The van der Waals surface area contributed by atoms with Crippen LogP contribution in [0.15, 0.2) is 176 Å². The third kappa shape index (κ3) is 5.24. The Kier molecular flexibility index (Phi) is 7.75. The van der Waals surface area contributed by atoms with Gasteiger partial charge in [-0.2, -0.15) is 0 Å². The number of hydrogen-bond donors (Lipinski definition) is 0. The van der Waals surface area contributed by atoms with E-state index in [1.807, 2.05) is 22.7 Å². The summed E-state index contributed by atoms with van der Waals surface area (Å²) in [4.78, 5) is 13.6. The van der Waals surface area contributed by atoms with Gasteiger partial charge in [-0.1, -0.05) is 137 Å². The van der Waals surface area contributed by atoms with Crippen LogP contribution in [0.5, 0.6) is 0 Å². The first kappa shape index (κ1) is 36.7. The first-order valence-corrected chi connectivity index (χ1v) is 23.4. The average Bonchev–Trinajstić information content (AvgIpc) is 4.02. The Hall–Kier alpha value is -6.92. The lowest BCUT2D eigenvalue weighted by Crippen LogP contribution is -2.16. The molecule has 0 aliphatic heterocycles. The van der Waals surface area contributed by atoms with Gasteiger partial charge in [0.25, 0.3) is 0 Å². The van der Waals surface area contributed by atoms with Gasteiger partial charge in [0.05, 0.1) is 15.9 Å². The van der Waals surface area contributed by atoms with Crippen LogP contribution < -0.4 is 4.90 Å². The molecule has 3 nitrogen and oxygen atoms in total. The third-order valence-corrected chi connectivity index (χ3v) is 16.2. The second-order valence-electron chi connectivity index (χ2n) is 18.1. The lowest BCUT2D eigenvalue weighted by atomic mass is 9.79. The Morgan fingerprint density at radius 1 is 0.429 bits per heavy atom.